The van der Waals surface area contributed by atoms with Crippen molar-refractivity contribution in [1.29, 1.82) is 0 Å². The molecule has 0 aromatic rings. The molecular weight excluding hydrogens is 292 g/mol. The largest absolute Gasteiger partial charge is 0.396 e. The third kappa shape index (κ3) is 1.18. The smallest absolute Gasteiger partial charge is 0.187 e. The molecule has 4 rings (SSSR count). The summed E-state index contributed by atoms with van der Waals surface area (Å²) in [4.78, 5) is 12.3. The van der Waals surface area contributed by atoms with Gasteiger partial charge >= 0.3 is 0 Å². The number of ketones is 1. The maximum absolute atomic E-state index is 12.3. The van der Waals surface area contributed by atoms with Crippen molar-refractivity contribution in [3.05, 3.63) is 11.6 Å². The van der Waals surface area contributed by atoms with Gasteiger partial charge in [0.2, 0.25) is 0 Å². The van der Waals surface area contributed by atoms with Gasteiger partial charge in [-0.25, -0.2) is 0 Å². The van der Waals surface area contributed by atoms with E-state index < -0.39 is 59.3 Å². The third-order valence-corrected chi connectivity index (χ3v) is 6.58. The quantitative estimate of drug-likeness (QED) is 0.419. The van der Waals surface area contributed by atoms with Gasteiger partial charge in [0.05, 0.1) is 30.8 Å². The van der Waals surface area contributed by atoms with Crippen LogP contribution in [-0.2, 0) is 14.3 Å². The fourth-order valence-corrected chi connectivity index (χ4v) is 5.03. The molecule has 2 heterocycles. The summed E-state index contributed by atoms with van der Waals surface area (Å²) in [6.07, 6.45) is -3.96. The van der Waals surface area contributed by atoms with E-state index in [0.717, 1.165) is 0 Å². The number of ether oxygens (including phenoxy) is 2. The maximum atomic E-state index is 12.3. The van der Waals surface area contributed by atoms with Crippen LogP contribution in [-0.4, -0.2) is 75.5 Å². The number of hydrogen-bond acceptors (Lipinski definition) is 7. The highest BCUT2D eigenvalue weighted by atomic mass is 16.6. The molecule has 0 aromatic carbocycles. The minimum atomic E-state index is -1.53. The third-order valence-electron chi connectivity index (χ3n) is 6.58. The molecular formula is C15H20O7. The Morgan fingerprint density at radius 3 is 2.55 bits per heavy atom. The first-order valence-electron chi connectivity index (χ1n) is 7.45. The van der Waals surface area contributed by atoms with Crippen molar-refractivity contribution in [2.45, 2.75) is 50.0 Å². The highest BCUT2D eigenvalue weighted by molar-refractivity contribution is 6.00. The molecule has 7 heteroatoms. The number of rotatable bonds is 1. The summed E-state index contributed by atoms with van der Waals surface area (Å²) in [6.45, 7) is 2.92. The van der Waals surface area contributed by atoms with E-state index >= 15 is 0 Å². The molecule has 122 valence electrons. The number of carbonyl (C=O) groups excluding carboxylic acids is 1. The Bertz CT molecular complexity index is 582. The van der Waals surface area contributed by atoms with Gasteiger partial charge in [0.1, 0.15) is 23.9 Å². The van der Waals surface area contributed by atoms with Crippen molar-refractivity contribution in [1.82, 2.24) is 0 Å². The van der Waals surface area contributed by atoms with Crippen LogP contribution in [0.2, 0.25) is 0 Å². The minimum absolute atomic E-state index is 0.250. The summed E-state index contributed by atoms with van der Waals surface area (Å²) in [5.41, 5.74) is -3.28. The summed E-state index contributed by atoms with van der Waals surface area (Å²) in [5.74, 6) is -0.502. The predicted octanol–water partition coefficient (Wildman–Crippen LogP) is -1.87. The van der Waals surface area contributed by atoms with Crippen LogP contribution in [0.1, 0.15) is 13.8 Å². The number of epoxide rings is 1. The Labute approximate surface area is 127 Å². The number of aliphatic hydroxyl groups is 4. The molecule has 2 aliphatic heterocycles. The van der Waals surface area contributed by atoms with Crippen LogP contribution in [0.15, 0.2) is 11.6 Å². The van der Waals surface area contributed by atoms with E-state index in [2.05, 4.69) is 0 Å². The maximum Gasteiger partial charge on any atom is 0.187 e. The van der Waals surface area contributed by atoms with Crippen LogP contribution in [0.25, 0.3) is 0 Å². The second-order valence-corrected chi connectivity index (χ2v) is 7.11. The standard InChI is InChI=1S/C15H20O7/c1-6-3-7-14(4-16,11(20)8(6)17)13(2)10(19)9(18)12(22-7)15(13)5-21-15/h3,7,9-12,16,18-20H,4-5H2,1-2H3/t7-,9?,10?,11?,12-,13-,14-,15+/m1/s1. The lowest BCUT2D eigenvalue weighted by molar-refractivity contribution is -0.253. The Balaban J connectivity index is 1.98. The Morgan fingerprint density at radius 2 is 2.00 bits per heavy atom. The molecule has 4 aliphatic rings. The molecule has 3 fully saturated rings. The number of fused-ring (bicyclic) bond motifs is 2. The number of Topliss-reactive ketones (excluding diaryl/α,β-unsaturated/α-hetero) is 1. The van der Waals surface area contributed by atoms with Crippen LogP contribution in [0, 0.1) is 10.8 Å². The first-order valence-corrected chi connectivity index (χ1v) is 7.45. The monoisotopic (exact) mass is 312 g/mol. The van der Waals surface area contributed by atoms with E-state index in [1.807, 2.05) is 0 Å². The number of carbonyl (C=O) groups is 1. The Morgan fingerprint density at radius 1 is 1.36 bits per heavy atom. The van der Waals surface area contributed by atoms with E-state index in [4.69, 9.17) is 9.47 Å². The van der Waals surface area contributed by atoms with E-state index in [9.17, 15) is 25.2 Å². The lowest BCUT2D eigenvalue weighted by Crippen LogP contribution is -2.72. The second kappa shape index (κ2) is 3.98. The molecule has 0 aromatic heterocycles. The van der Waals surface area contributed by atoms with Crippen molar-refractivity contribution in [2.24, 2.45) is 10.8 Å². The molecule has 8 atom stereocenters. The zero-order valence-electron chi connectivity index (χ0n) is 12.4. The van der Waals surface area contributed by atoms with Gasteiger partial charge < -0.3 is 29.9 Å². The fourth-order valence-electron chi connectivity index (χ4n) is 5.03. The van der Waals surface area contributed by atoms with Crippen LogP contribution in [0.5, 0.6) is 0 Å². The molecule has 2 bridgehead atoms. The summed E-state index contributed by atoms with van der Waals surface area (Å²) in [6, 6.07) is 0. The van der Waals surface area contributed by atoms with E-state index in [1.54, 1.807) is 19.9 Å². The first kappa shape index (κ1) is 14.7. The van der Waals surface area contributed by atoms with Gasteiger partial charge in [0.15, 0.2) is 5.78 Å². The molecule has 2 saturated heterocycles. The molecule has 4 N–H and O–H groups in total. The van der Waals surface area contributed by atoms with Gasteiger partial charge in [-0.15, -0.1) is 0 Å². The van der Waals surface area contributed by atoms with Crippen molar-refractivity contribution in [3.63, 3.8) is 0 Å². The number of hydrogen-bond donors (Lipinski definition) is 4. The second-order valence-electron chi connectivity index (χ2n) is 7.11. The van der Waals surface area contributed by atoms with Gasteiger partial charge in [-0.05, 0) is 18.6 Å². The average molecular weight is 312 g/mol. The summed E-state index contributed by atoms with van der Waals surface area (Å²) in [5, 5.41) is 41.8. The lowest BCUT2D eigenvalue weighted by Gasteiger charge is -2.58. The van der Waals surface area contributed by atoms with Gasteiger partial charge in [0, 0.05) is 5.41 Å². The van der Waals surface area contributed by atoms with Gasteiger partial charge in [-0.1, -0.05) is 6.92 Å². The van der Waals surface area contributed by atoms with Gasteiger partial charge in [0.25, 0.3) is 0 Å². The minimum Gasteiger partial charge on any atom is -0.396 e. The average Bonchev–Trinajstić information content (AvgIpc) is 3.27. The topological polar surface area (TPSA) is 120 Å². The molecule has 3 unspecified atom stereocenters. The van der Waals surface area contributed by atoms with Crippen LogP contribution in [0.4, 0.5) is 0 Å². The van der Waals surface area contributed by atoms with Crippen LogP contribution < -0.4 is 0 Å². The van der Waals surface area contributed by atoms with Gasteiger partial charge in [-0.2, -0.15) is 0 Å². The van der Waals surface area contributed by atoms with Gasteiger partial charge in [-0.3, -0.25) is 4.79 Å². The van der Waals surface area contributed by atoms with E-state index in [0.29, 0.717) is 5.57 Å². The molecule has 1 spiro atoms. The van der Waals surface area contributed by atoms with E-state index in [-0.39, 0.29) is 6.61 Å². The summed E-state index contributed by atoms with van der Waals surface area (Å²) >= 11 is 0. The summed E-state index contributed by atoms with van der Waals surface area (Å²) < 4.78 is 11.5. The van der Waals surface area contributed by atoms with E-state index in [1.165, 1.54) is 0 Å². The first-order chi connectivity index (χ1) is 10.3. The summed E-state index contributed by atoms with van der Waals surface area (Å²) in [7, 11) is 0. The van der Waals surface area contributed by atoms with Crippen molar-refractivity contribution >= 4 is 5.78 Å². The van der Waals surface area contributed by atoms with Crippen molar-refractivity contribution in [2.75, 3.05) is 13.2 Å². The van der Waals surface area contributed by atoms with Crippen LogP contribution in [0.3, 0.4) is 0 Å². The van der Waals surface area contributed by atoms with Crippen LogP contribution >= 0.6 is 0 Å². The van der Waals surface area contributed by atoms with Crippen molar-refractivity contribution in [3.8, 4) is 0 Å². The lowest BCUT2D eigenvalue weighted by atomic mass is 9.50. The molecule has 0 amide bonds. The molecule has 2 aliphatic carbocycles. The molecule has 0 radical (unpaired) electrons. The van der Waals surface area contributed by atoms with Crippen molar-refractivity contribution < 1.29 is 34.7 Å². The SMILES string of the molecule is CC1=C[C@H]2O[C@@H]3C(O)C(O)[C@@](C)([C@]34CO4)[C@@]2(CO)C(O)C1=O. The zero-order valence-corrected chi connectivity index (χ0v) is 12.4. The molecule has 1 saturated carbocycles. The zero-order chi connectivity index (χ0) is 16.1. The highest BCUT2D eigenvalue weighted by Crippen LogP contribution is 2.70. The predicted molar refractivity (Wildman–Crippen MR) is 71.8 cm³/mol. The Kier molecular flexibility index (Phi) is 2.67. The Hall–Kier alpha value is -0.830. The molecule has 22 heavy (non-hydrogen) atoms. The normalized spacial score (nSPS) is 59.5. The number of aliphatic hydroxyl groups excluding tert-OH is 4. The molecule has 7 nitrogen and oxygen atoms in total. The highest BCUT2D eigenvalue weighted by Gasteiger charge is 2.86. The fraction of sp³-hybridized carbons (Fsp3) is 0.800.